The molecular weight excluding hydrogens is 768 g/mol. The van der Waals surface area contributed by atoms with Crippen LogP contribution in [0.5, 0.6) is 0 Å². The van der Waals surface area contributed by atoms with E-state index < -0.39 is 0 Å². The maximum absolute atomic E-state index is 2.68. The van der Waals surface area contributed by atoms with Gasteiger partial charge in [-0.1, -0.05) is 144 Å². The van der Waals surface area contributed by atoms with Crippen LogP contribution in [0.2, 0.25) is 0 Å². The fourth-order valence-electron chi connectivity index (χ4n) is 10.7. The van der Waals surface area contributed by atoms with Crippen LogP contribution in [0.4, 0.5) is 34.1 Å². The topological polar surface area (TPSA) is 6.48 Å². The summed E-state index contributed by atoms with van der Waals surface area (Å²) in [6.45, 7) is 30.9. The number of thiophene rings is 1. The van der Waals surface area contributed by atoms with Gasteiger partial charge in [0.25, 0.3) is 6.71 Å². The first kappa shape index (κ1) is 41.0. The standard InChI is InChI=1S/C58H63BN2S/c1-35(2)38-19-25-47(42(31-38)37-17-15-14-16-18-37)61-48-34-45-44(57(10,11)27-28-58(45,12)13)33-46(48)59-52-49(29-36(3)30-50(52)61)60(41-23-20-39(21-24-41)55(4,5)6)53-43-32-40(56(7,8)9)22-26-51(43)62-54(53)59/h14-26,29-35H,27-28H2,1-13H3. The number of rotatable bonds is 4. The lowest BCUT2D eigenvalue weighted by atomic mass is 9.35. The zero-order chi connectivity index (χ0) is 43.8. The SMILES string of the molecule is Cc1cc2c3c(c1)N(c1ccc(C(C)(C)C)cc1)c1c(sc4ccc(C(C)(C)C)cc14)B3c1cc3c(cc1N2c1ccc(C(C)C)cc1-c1ccccc1)C(C)(C)CCC3(C)C. The lowest BCUT2D eigenvalue weighted by Gasteiger charge is -2.47. The first-order chi connectivity index (χ1) is 29.2. The highest BCUT2D eigenvalue weighted by Gasteiger charge is 2.48. The molecule has 314 valence electrons. The molecule has 3 aliphatic rings. The molecule has 2 aliphatic heterocycles. The predicted octanol–water partition coefficient (Wildman–Crippen LogP) is 15.0. The Kier molecular flexibility index (Phi) is 9.24. The second kappa shape index (κ2) is 14.0. The van der Waals surface area contributed by atoms with Crippen LogP contribution in [0.15, 0.2) is 115 Å². The molecule has 1 aromatic heterocycles. The van der Waals surface area contributed by atoms with Crippen LogP contribution >= 0.6 is 11.3 Å². The predicted molar refractivity (Wildman–Crippen MR) is 273 cm³/mol. The van der Waals surface area contributed by atoms with E-state index in [1.54, 1.807) is 0 Å². The van der Waals surface area contributed by atoms with E-state index in [1.807, 2.05) is 11.3 Å². The van der Waals surface area contributed by atoms with Gasteiger partial charge in [-0.2, -0.15) is 0 Å². The molecule has 10 rings (SSSR count). The summed E-state index contributed by atoms with van der Waals surface area (Å²) in [6.07, 6.45) is 2.35. The van der Waals surface area contributed by atoms with Gasteiger partial charge >= 0.3 is 0 Å². The molecule has 0 saturated carbocycles. The molecule has 0 amide bonds. The maximum atomic E-state index is 2.68. The van der Waals surface area contributed by atoms with Gasteiger partial charge in [-0.15, -0.1) is 11.3 Å². The Hall–Kier alpha value is -5.06. The molecule has 0 radical (unpaired) electrons. The molecule has 0 fully saturated rings. The maximum Gasteiger partial charge on any atom is 0.264 e. The van der Waals surface area contributed by atoms with E-state index in [0.717, 1.165) is 0 Å². The minimum absolute atomic E-state index is 0.0233. The molecule has 0 bridgehead atoms. The van der Waals surface area contributed by atoms with Crippen molar-refractivity contribution in [3.63, 3.8) is 0 Å². The summed E-state index contributed by atoms with van der Waals surface area (Å²) in [5.41, 5.74) is 21.6. The fraction of sp³-hybridized carbons (Fsp3) is 0.345. The third-order valence-corrected chi connectivity index (χ3v) is 15.9. The summed E-state index contributed by atoms with van der Waals surface area (Å²) in [5.74, 6) is 0.412. The zero-order valence-electron chi connectivity index (χ0n) is 39.3. The van der Waals surface area contributed by atoms with Crippen LogP contribution in [0.25, 0.3) is 21.2 Å². The number of benzene rings is 6. The van der Waals surface area contributed by atoms with Crippen molar-refractivity contribution < 1.29 is 0 Å². The Morgan fingerprint density at radius 3 is 1.85 bits per heavy atom. The molecule has 6 aromatic carbocycles. The third-order valence-electron chi connectivity index (χ3n) is 14.6. The lowest BCUT2D eigenvalue weighted by molar-refractivity contribution is 0.332. The quantitative estimate of drug-likeness (QED) is 0.163. The molecule has 3 heterocycles. The number of aryl methyl sites for hydroxylation is 1. The Morgan fingerprint density at radius 1 is 0.613 bits per heavy atom. The first-order valence-electron chi connectivity index (χ1n) is 23.0. The Bertz CT molecular complexity index is 2920. The molecule has 0 saturated heterocycles. The van der Waals surface area contributed by atoms with Crippen LogP contribution < -0.4 is 25.5 Å². The Morgan fingerprint density at radius 2 is 1.23 bits per heavy atom. The van der Waals surface area contributed by atoms with Gasteiger partial charge < -0.3 is 9.80 Å². The van der Waals surface area contributed by atoms with Gasteiger partial charge in [0.15, 0.2) is 0 Å². The van der Waals surface area contributed by atoms with Gasteiger partial charge in [0.1, 0.15) is 0 Å². The smallest absolute Gasteiger partial charge is 0.264 e. The number of fused-ring (bicyclic) bond motifs is 7. The minimum Gasteiger partial charge on any atom is -0.311 e. The van der Waals surface area contributed by atoms with Crippen molar-refractivity contribution in [2.24, 2.45) is 0 Å². The summed E-state index contributed by atoms with van der Waals surface area (Å²) in [4.78, 5) is 5.32. The van der Waals surface area contributed by atoms with Crippen molar-refractivity contribution >= 4 is 78.0 Å². The van der Waals surface area contributed by atoms with E-state index >= 15 is 0 Å². The molecule has 4 heteroatoms. The molecule has 0 N–H and O–H groups in total. The first-order valence-corrected chi connectivity index (χ1v) is 23.9. The van der Waals surface area contributed by atoms with Crippen molar-refractivity contribution in [1.82, 2.24) is 0 Å². The van der Waals surface area contributed by atoms with Crippen molar-refractivity contribution in [2.75, 3.05) is 9.80 Å². The van der Waals surface area contributed by atoms with E-state index in [4.69, 9.17) is 0 Å². The minimum atomic E-state index is 0.0233. The highest BCUT2D eigenvalue weighted by atomic mass is 32.1. The van der Waals surface area contributed by atoms with E-state index in [1.165, 1.54) is 117 Å². The third kappa shape index (κ3) is 6.41. The second-order valence-corrected chi connectivity index (χ2v) is 23.5. The Balaban J connectivity index is 1.35. The molecule has 0 atom stereocenters. The number of hydrogen-bond acceptors (Lipinski definition) is 3. The van der Waals surface area contributed by atoms with Gasteiger partial charge in [-0.05, 0) is 152 Å². The van der Waals surface area contributed by atoms with Gasteiger partial charge in [0, 0.05) is 43.2 Å². The van der Waals surface area contributed by atoms with Crippen LogP contribution in [-0.4, -0.2) is 6.71 Å². The highest BCUT2D eigenvalue weighted by Crippen LogP contribution is 2.53. The average molecular weight is 831 g/mol. The van der Waals surface area contributed by atoms with Gasteiger partial charge in [0.2, 0.25) is 0 Å². The highest BCUT2D eigenvalue weighted by molar-refractivity contribution is 7.33. The van der Waals surface area contributed by atoms with Gasteiger partial charge in [-0.3, -0.25) is 0 Å². The largest absolute Gasteiger partial charge is 0.311 e. The summed E-state index contributed by atoms with van der Waals surface area (Å²) < 4.78 is 2.79. The molecule has 62 heavy (non-hydrogen) atoms. The lowest BCUT2D eigenvalue weighted by Crippen LogP contribution is -2.61. The van der Waals surface area contributed by atoms with Gasteiger partial charge in [0.05, 0.1) is 11.4 Å². The number of anilines is 6. The average Bonchev–Trinajstić information content (AvgIpc) is 3.60. The van der Waals surface area contributed by atoms with Crippen molar-refractivity contribution in [3.8, 4) is 11.1 Å². The summed E-state index contributed by atoms with van der Waals surface area (Å²) in [7, 11) is 0. The van der Waals surface area contributed by atoms with Crippen molar-refractivity contribution in [2.45, 2.75) is 130 Å². The van der Waals surface area contributed by atoms with E-state index in [9.17, 15) is 0 Å². The molecule has 2 nitrogen and oxygen atoms in total. The normalized spacial score (nSPS) is 16.3. The Labute approximate surface area is 376 Å². The fourth-order valence-corrected chi connectivity index (χ4v) is 12.0. The number of hydrogen-bond donors (Lipinski definition) is 0. The summed E-state index contributed by atoms with van der Waals surface area (Å²) in [5, 5.41) is 1.35. The van der Waals surface area contributed by atoms with E-state index in [-0.39, 0.29) is 28.4 Å². The molecular formula is C58H63BN2S. The van der Waals surface area contributed by atoms with Crippen LogP contribution in [0.1, 0.15) is 135 Å². The monoisotopic (exact) mass is 830 g/mol. The van der Waals surface area contributed by atoms with E-state index in [2.05, 4.69) is 215 Å². The van der Waals surface area contributed by atoms with Gasteiger partial charge in [-0.25, -0.2) is 0 Å². The van der Waals surface area contributed by atoms with Crippen LogP contribution in [-0.2, 0) is 21.7 Å². The molecule has 1 aliphatic carbocycles. The summed E-state index contributed by atoms with van der Waals surface area (Å²) in [6, 6.07) is 45.4. The van der Waals surface area contributed by atoms with Crippen molar-refractivity contribution in [1.29, 1.82) is 0 Å². The van der Waals surface area contributed by atoms with E-state index in [0.29, 0.717) is 5.92 Å². The summed E-state index contributed by atoms with van der Waals surface area (Å²) >= 11 is 2.01. The molecule has 0 unspecified atom stereocenters. The van der Waals surface area contributed by atoms with Crippen LogP contribution in [0.3, 0.4) is 0 Å². The molecule has 0 spiro atoms. The van der Waals surface area contributed by atoms with Crippen LogP contribution in [0, 0.1) is 6.92 Å². The second-order valence-electron chi connectivity index (χ2n) is 22.4. The van der Waals surface area contributed by atoms with Crippen molar-refractivity contribution in [3.05, 3.63) is 149 Å². The number of nitrogens with zero attached hydrogens (tertiary/aromatic N) is 2. The zero-order valence-corrected chi connectivity index (χ0v) is 40.2. The molecule has 7 aromatic rings.